The number of nitrogens with zero attached hydrogens (tertiary/aromatic N) is 4. The van der Waals surface area contributed by atoms with E-state index in [-0.39, 0.29) is 12.5 Å². The maximum Gasteiger partial charge on any atom is 0.312 e. The first-order chi connectivity index (χ1) is 14.5. The molecular weight excluding hydrogens is 388 g/mol. The molecule has 0 spiro atoms. The molecule has 1 aromatic carbocycles. The van der Waals surface area contributed by atoms with Crippen molar-refractivity contribution >= 4 is 17.7 Å². The van der Waals surface area contributed by atoms with Gasteiger partial charge in [0, 0.05) is 52.4 Å². The Hall–Kier alpha value is -2.81. The van der Waals surface area contributed by atoms with E-state index in [9.17, 15) is 14.4 Å². The lowest BCUT2D eigenvalue weighted by molar-refractivity contribution is -0.157. The largest absolute Gasteiger partial charge is 0.486 e. The van der Waals surface area contributed by atoms with E-state index in [4.69, 9.17) is 9.47 Å². The molecule has 3 aliphatic heterocycles. The summed E-state index contributed by atoms with van der Waals surface area (Å²) in [5.74, 6) is 0.387. The van der Waals surface area contributed by atoms with E-state index >= 15 is 0 Å². The van der Waals surface area contributed by atoms with Gasteiger partial charge in [0.05, 0.1) is 0 Å². The Kier molecular flexibility index (Phi) is 6.08. The molecule has 2 fully saturated rings. The lowest BCUT2D eigenvalue weighted by Gasteiger charge is -2.37. The molecular formula is C21H28N4O5. The maximum atomic E-state index is 12.7. The van der Waals surface area contributed by atoms with Gasteiger partial charge in [0.15, 0.2) is 11.5 Å². The number of carbonyl (C=O) groups is 3. The van der Waals surface area contributed by atoms with Gasteiger partial charge in [-0.15, -0.1) is 0 Å². The highest BCUT2D eigenvalue weighted by molar-refractivity contribution is 6.35. The number of piperazine rings is 2. The molecule has 4 rings (SSSR count). The highest BCUT2D eigenvalue weighted by Crippen LogP contribution is 2.31. The molecule has 0 atom stereocenters. The van der Waals surface area contributed by atoms with Gasteiger partial charge in [0.1, 0.15) is 19.8 Å². The Morgan fingerprint density at radius 1 is 0.900 bits per heavy atom. The normalized spacial score (nSPS) is 20.0. The van der Waals surface area contributed by atoms with Crippen LogP contribution in [0.1, 0.15) is 12.5 Å². The van der Waals surface area contributed by atoms with E-state index in [1.807, 2.05) is 25.1 Å². The van der Waals surface area contributed by atoms with E-state index in [1.54, 1.807) is 4.90 Å². The Labute approximate surface area is 176 Å². The van der Waals surface area contributed by atoms with Gasteiger partial charge in [-0.2, -0.15) is 0 Å². The average Bonchev–Trinajstić information content (AvgIpc) is 2.77. The fraction of sp³-hybridized carbons (Fsp3) is 0.571. The predicted molar refractivity (Wildman–Crippen MR) is 108 cm³/mol. The second-order valence-electron chi connectivity index (χ2n) is 7.75. The number of amides is 3. The first-order valence-corrected chi connectivity index (χ1v) is 10.5. The number of carbonyl (C=O) groups excluding carboxylic acids is 3. The monoisotopic (exact) mass is 416 g/mol. The number of ether oxygens (including phenoxy) is 2. The van der Waals surface area contributed by atoms with Gasteiger partial charge in [-0.05, 0) is 24.6 Å². The maximum absolute atomic E-state index is 12.7. The van der Waals surface area contributed by atoms with Gasteiger partial charge in [-0.25, -0.2) is 0 Å². The molecule has 2 saturated heterocycles. The Morgan fingerprint density at radius 3 is 2.30 bits per heavy atom. The van der Waals surface area contributed by atoms with Crippen LogP contribution >= 0.6 is 0 Å². The fourth-order valence-corrected chi connectivity index (χ4v) is 4.03. The third-order valence-corrected chi connectivity index (χ3v) is 5.84. The van der Waals surface area contributed by atoms with Crippen LogP contribution in [-0.2, 0) is 20.9 Å². The summed E-state index contributed by atoms with van der Waals surface area (Å²) in [6.45, 7) is 7.90. The summed E-state index contributed by atoms with van der Waals surface area (Å²) < 4.78 is 11.2. The zero-order chi connectivity index (χ0) is 21.1. The molecule has 0 bridgehead atoms. The zero-order valence-electron chi connectivity index (χ0n) is 17.3. The highest BCUT2D eigenvalue weighted by atomic mass is 16.6. The minimum atomic E-state index is -0.575. The van der Waals surface area contributed by atoms with Gasteiger partial charge in [0.2, 0.25) is 5.91 Å². The topological polar surface area (TPSA) is 82.6 Å². The Balaban J connectivity index is 1.26. The summed E-state index contributed by atoms with van der Waals surface area (Å²) in [5.41, 5.74) is 1.15. The van der Waals surface area contributed by atoms with Crippen molar-refractivity contribution in [1.82, 2.24) is 19.6 Å². The molecule has 3 heterocycles. The second kappa shape index (κ2) is 8.91. The van der Waals surface area contributed by atoms with Crippen molar-refractivity contribution in [3.8, 4) is 11.5 Å². The number of likely N-dealkylation sites (N-methyl/N-ethyl adjacent to an activating group) is 1. The molecule has 0 N–H and O–H groups in total. The van der Waals surface area contributed by atoms with Gasteiger partial charge in [-0.1, -0.05) is 6.07 Å². The van der Waals surface area contributed by atoms with E-state index in [1.165, 1.54) is 9.80 Å². The highest BCUT2D eigenvalue weighted by Gasteiger charge is 2.33. The summed E-state index contributed by atoms with van der Waals surface area (Å²) in [7, 11) is 0. The number of hydrogen-bond acceptors (Lipinski definition) is 6. The molecule has 30 heavy (non-hydrogen) atoms. The van der Waals surface area contributed by atoms with Crippen LogP contribution < -0.4 is 9.47 Å². The number of benzene rings is 1. The van der Waals surface area contributed by atoms with Crippen molar-refractivity contribution < 1.29 is 23.9 Å². The van der Waals surface area contributed by atoms with Crippen LogP contribution in [0.2, 0.25) is 0 Å². The quantitative estimate of drug-likeness (QED) is 0.618. The van der Waals surface area contributed by atoms with Gasteiger partial charge in [0.25, 0.3) is 0 Å². The van der Waals surface area contributed by atoms with Crippen LogP contribution in [0.5, 0.6) is 11.5 Å². The number of rotatable bonds is 5. The van der Waals surface area contributed by atoms with Crippen molar-refractivity contribution in [2.24, 2.45) is 0 Å². The standard InChI is InChI=1S/C21H28N4O5/c1-2-23-9-10-25(21(28)20(23)27)15-19(26)24-7-5-22(6-8-24)14-16-3-4-17-18(13-16)30-12-11-29-17/h3-4,13H,2,5-12,14-15H2,1H3. The molecule has 0 aromatic heterocycles. The molecule has 9 nitrogen and oxygen atoms in total. The van der Waals surface area contributed by atoms with E-state index < -0.39 is 11.8 Å². The number of hydrogen-bond donors (Lipinski definition) is 0. The van der Waals surface area contributed by atoms with Crippen LogP contribution in [0.15, 0.2) is 18.2 Å². The van der Waals surface area contributed by atoms with Crippen molar-refractivity contribution in [3.63, 3.8) is 0 Å². The minimum Gasteiger partial charge on any atom is -0.486 e. The minimum absolute atomic E-state index is 0.0235. The first kappa shape index (κ1) is 20.5. The molecule has 0 unspecified atom stereocenters. The van der Waals surface area contributed by atoms with Gasteiger partial charge >= 0.3 is 11.8 Å². The summed E-state index contributed by atoms with van der Waals surface area (Å²) >= 11 is 0. The third-order valence-electron chi connectivity index (χ3n) is 5.84. The zero-order valence-corrected chi connectivity index (χ0v) is 17.3. The van der Waals surface area contributed by atoms with Crippen LogP contribution in [0.4, 0.5) is 0 Å². The summed E-state index contributed by atoms with van der Waals surface area (Å²) in [4.78, 5) is 43.8. The predicted octanol–water partition coefficient (Wildman–Crippen LogP) is -0.207. The fourth-order valence-electron chi connectivity index (χ4n) is 4.03. The lowest BCUT2D eigenvalue weighted by atomic mass is 10.1. The molecule has 0 saturated carbocycles. The van der Waals surface area contributed by atoms with Crippen LogP contribution in [-0.4, -0.2) is 103 Å². The molecule has 3 aliphatic rings. The van der Waals surface area contributed by atoms with Crippen molar-refractivity contribution in [1.29, 1.82) is 0 Å². The van der Waals surface area contributed by atoms with Crippen molar-refractivity contribution in [2.45, 2.75) is 13.5 Å². The lowest BCUT2D eigenvalue weighted by Crippen LogP contribution is -2.57. The van der Waals surface area contributed by atoms with Crippen LogP contribution in [0.25, 0.3) is 0 Å². The van der Waals surface area contributed by atoms with Crippen molar-refractivity contribution in [3.05, 3.63) is 23.8 Å². The average molecular weight is 416 g/mol. The number of fused-ring (bicyclic) bond motifs is 1. The van der Waals surface area contributed by atoms with Gasteiger partial charge in [-0.3, -0.25) is 19.3 Å². The molecule has 0 aliphatic carbocycles. The second-order valence-corrected chi connectivity index (χ2v) is 7.75. The van der Waals surface area contributed by atoms with Crippen LogP contribution in [0.3, 0.4) is 0 Å². The smallest absolute Gasteiger partial charge is 0.312 e. The van der Waals surface area contributed by atoms with E-state index in [2.05, 4.69) is 4.90 Å². The third kappa shape index (κ3) is 4.35. The van der Waals surface area contributed by atoms with Gasteiger partial charge < -0.3 is 24.2 Å². The summed E-state index contributed by atoms with van der Waals surface area (Å²) in [6, 6.07) is 6.01. The Bertz CT molecular complexity index is 822. The van der Waals surface area contributed by atoms with E-state index in [0.29, 0.717) is 45.9 Å². The summed E-state index contributed by atoms with van der Waals surface area (Å²) in [5, 5.41) is 0. The molecule has 9 heteroatoms. The molecule has 3 amide bonds. The molecule has 1 aromatic rings. The summed E-state index contributed by atoms with van der Waals surface area (Å²) in [6.07, 6.45) is 0. The SMILES string of the molecule is CCN1CCN(CC(=O)N2CCN(Cc3ccc4c(c3)OCCO4)CC2)C(=O)C1=O. The van der Waals surface area contributed by atoms with Crippen molar-refractivity contribution in [2.75, 3.05) is 65.6 Å². The molecule has 0 radical (unpaired) electrons. The van der Waals surface area contributed by atoms with Crippen LogP contribution in [0, 0.1) is 0 Å². The molecule has 162 valence electrons. The van der Waals surface area contributed by atoms with E-state index in [0.717, 1.165) is 36.7 Å². The first-order valence-electron chi connectivity index (χ1n) is 10.5. The Morgan fingerprint density at radius 2 is 1.57 bits per heavy atom.